The lowest BCUT2D eigenvalue weighted by atomic mass is 9.75. The average Bonchev–Trinajstić information content (AvgIpc) is 2.78. The van der Waals surface area contributed by atoms with Crippen molar-refractivity contribution in [1.29, 1.82) is 0 Å². The number of sulfone groups is 2. The van der Waals surface area contributed by atoms with Crippen LogP contribution >= 0.6 is 11.6 Å². The van der Waals surface area contributed by atoms with Crippen molar-refractivity contribution < 1.29 is 48.3 Å². The Labute approximate surface area is 209 Å². The van der Waals surface area contributed by atoms with Crippen molar-refractivity contribution in [3.63, 3.8) is 0 Å². The molecule has 1 saturated heterocycles. The van der Waals surface area contributed by atoms with Crippen LogP contribution in [0.2, 0.25) is 5.02 Å². The molecule has 0 aliphatic carbocycles. The first-order valence-electron chi connectivity index (χ1n) is 10.7. The largest absolute Gasteiger partial charge is 0.490 e. The van der Waals surface area contributed by atoms with Gasteiger partial charge in [-0.15, -0.1) is 0 Å². The molecule has 198 valence electrons. The van der Waals surface area contributed by atoms with Gasteiger partial charge in [0, 0.05) is 17.5 Å². The van der Waals surface area contributed by atoms with Crippen LogP contribution in [0.4, 0.5) is 22.0 Å². The average molecular weight is 575 g/mol. The normalized spacial score (nSPS) is 24.5. The lowest BCUT2D eigenvalue weighted by Crippen LogP contribution is -2.57. The maximum atomic E-state index is 15.3. The van der Waals surface area contributed by atoms with Gasteiger partial charge in [0.2, 0.25) is 0 Å². The van der Waals surface area contributed by atoms with E-state index >= 15 is 4.39 Å². The highest BCUT2D eigenvalue weighted by Crippen LogP contribution is 2.56. The summed E-state index contributed by atoms with van der Waals surface area (Å²) in [7, 11) is -9.13. The van der Waals surface area contributed by atoms with Gasteiger partial charge in [0.1, 0.15) is 16.3 Å². The maximum absolute atomic E-state index is 15.3. The smallest absolute Gasteiger partial charge is 0.402 e. The van der Waals surface area contributed by atoms with E-state index < -0.39 is 90.1 Å². The third kappa shape index (κ3) is 4.82. The molecule has 2 aliphatic heterocycles. The SMILES string of the molecule is O=S(=O)(CC[C@@H]1OCC[C@@]2(S(=O)(=O)c3ccc(Cl)cc3)c3c(F)ccc(F)c3OC[C@@H]12)CC(F)(F)F. The van der Waals surface area contributed by atoms with Crippen LogP contribution in [-0.2, 0) is 29.2 Å². The van der Waals surface area contributed by atoms with Gasteiger partial charge in [-0.25, -0.2) is 25.6 Å². The Kier molecular flexibility index (Phi) is 7.08. The monoisotopic (exact) mass is 574 g/mol. The predicted molar refractivity (Wildman–Crippen MR) is 119 cm³/mol. The van der Waals surface area contributed by atoms with Crippen molar-refractivity contribution >= 4 is 31.3 Å². The summed E-state index contributed by atoms with van der Waals surface area (Å²) in [6.07, 6.45) is -7.02. The summed E-state index contributed by atoms with van der Waals surface area (Å²) in [5, 5.41) is 0.229. The highest BCUT2D eigenvalue weighted by Gasteiger charge is 2.61. The maximum Gasteiger partial charge on any atom is 0.402 e. The molecule has 0 radical (unpaired) electrons. The van der Waals surface area contributed by atoms with Crippen LogP contribution in [0, 0.1) is 17.6 Å². The van der Waals surface area contributed by atoms with Crippen LogP contribution < -0.4 is 4.74 Å². The summed E-state index contributed by atoms with van der Waals surface area (Å²) in [6, 6.07) is 6.57. The number of benzene rings is 2. The number of alkyl halides is 3. The van der Waals surface area contributed by atoms with Crippen LogP contribution in [-0.4, -0.2) is 53.8 Å². The number of fused-ring (bicyclic) bond motifs is 3. The Bertz CT molecular complexity index is 1360. The molecule has 4 rings (SSSR count). The van der Waals surface area contributed by atoms with Crippen LogP contribution in [0.15, 0.2) is 41.3 Å². The third-order valence-electron chi connectivity index (χ3n) is 6.44. The van der Waals surface area contributed by atoms with Gasteiger partial charge >= 0.3 is 6.18 Å². The zero-order chi connectivity index (χ0) is 26.5. The standard InChI is InChI=1S/C22H20ClF5O6S2/c23-13-1-3-14(4-2-13)36(31,32)21-8-9-33-18(7-10-35(29,30)12-22(26,27)28)15(21)11-34-20-17(25)6-5-16(24)19(20)21/h1-6,15,18H,7-12H2/t15-,18-,21-/m0/s1. The molecule has 2 aliphatic rings. The van der Waals surface area contributed by atoms with E-state index in [1.165, 1.54) is 24.3 Å². The Balaban J connectivity index is 1.83. The molecule has 36 heavy (non-hydrogen) atoms. The second kappa shape index (κ2) is 9.41. The molecule has 3 atom stereocenters. The fourth-order valence-electron chi connectivity index (χ4n) is 4.95. The molecule has 2 aromatic carbocycles. The van der Waals surface area contributed by atoms with E-state index in [9.17, 15) is 34.4 Å². The van der Waals surface area contributed by atoms with E-state index in [-0.39, 0.29) is 22.9 Å². The predicted octanol–water partition coefficient (Wildman–Crippen LogP) is 4.45. The molecule has 6 nitrogen and oxygen atoms in total. The van der Waals surface area contributed by atoms with Crippen molar-refractivity contribution in [2.75, 3.05) is 24.7 Å². The first-order valence-corrected chi connectivity index (χ1v) is 14.4. The lowest BCUT2D eigenvalue weighted by Gasteiger charge is -2.50. The van der Waals surface area contributed by atoms with E-state index in [1.807, 2.05) is 0 Å². The van der Waals surface area contributed by atoms with E-state index in [2.05, 4.69) is 0 Å². The molecule has 2 heterocycles. The van der Waals surface area contributed by atoms with Gasteiger partial charge in [-0.3, -0.25) is 0 Å². The van der Waals surface area contributed by atoms with Crippen molar-refractivity contribution in [2.24, 2.45) is 5.92 Å². The van der Waals surface area contributed by atoms with E-state index in [0.29, 0.717) is 0 Å². The molecule has 2 aromatic rings. The molecule has 0 aromatic heterocycles. The minimum absolute atomic E-state index is 0.229. The number of hydrogen-bond donors (Lipinski definition) is 0. The second-order valence-corrected chi connectivity index (χ2v) is 13.5. The number of ether oxygens (including phenoxy) is 2. The number of halogens is 6. The van der Waals surface area contributed by atoms with Crippen molar-refractivity contribution in [3.8, 4) is 5.75 Å². The van der Waals surface area contributed by atoms with E-state index in [0.717, 1.165) is 12.1 Å². The van der Waals surface area contributed by atoms with Gasteiger partial charge in [0.25, 0.3) is 0 Å². The first kappa shape index (κ1) is 27.1. The van der Waals surface area contributed by atoms with Crippen LogP contribution in [0.25, 0.3) is 0 Å². The number of hydrogen-bond acceptors (Lipinski definition) is 6. The van der Waals surface area contributed by atoms with Crippen molar-refractivity contribution in [2.45, 2.75) is 34.8 Å². The summed E-state index contributed by atoms with van der Waals surface area (Å²) in [5.74, 6) is -6.90. The Morgan fingerprint density at radius 3 is 2.28 bits per heavy atom. The zero-order valence-corrected chi connectivity index (χ0v) is 20.8. The molecule has 0 bridgehead atoms. The summed E-state index contributed by atoms with van der Waals surface area (Å²) in [4.78, 5) is -0.251. The molecular formula is C22H20ClF5O6S2. The molecule has 1 fully saturated rings. The minimum atomic E-state index is -4.96. The quantitative estimate of drug-likeness (QED) is 0.474. The zero-order valence-electron chi connectivity index (χ0n) is 18.4. The third-order valence-corrected chi connectivity index (χ3v) is 10.9. The van der Waals surface area contributed by atoms with Crippen molar-refractivity contribution in [1.82, 2.24) is 0 Å². The van der Waals surface area contributed by atoms with Gasteiger partial charge in [-0.05, 0) is 49.2 Å². The first-order chi connectivity index (χ1) is 16.7. The minimum Gasteiger partial charge on any atom is -0.490 e. The summed E-state index contributed by atoms with van der Waals surface area (Å²) < 4.78 is 129. The molecule has 0 spiro atoms. The van der Waals surface area contributed by atoms with Gasteiger partial charge in [-0.1, -0.05) is 11.6 Å². The van der Waals surface area contributed by atoms with E-state index in [1.54, 1.807) is 0 Å². The molecule has 0 amide bonds. The molecule has 0 N–H and O–H groups in total. The molecule has 14 heteroatoms. The lowest BCUT2D eigenvalue weighted by molar-refractivity contribution is -0.106. The Hall–Kier alpha value is -1.96. The highest BCUT2D eigenvalue weighted by atomic mass is 35.5. The summed E-state index contributed by atoms with van der Waals surface area (Å²) >= 11 is 5.88. The van der Waals surface area contributed by atoms with Crippen LogP contribution in [0.1, 0.15) is 18.4 Å². The fourth-order valence-corrected chi connectivity index (χ4v) is 8.66. The van der Waals surface area contributed by atoms with Crippen molar-refractivity contribution in [3.05, 3.63) is 58.6 Å². The van der Waals surface area contributed by atoms with Gasteiger partial charge < -0.3 is 9.47 Å². The molecular weight excluding hydrogens is 555 g/mol. The highest BCUT2D eigenvalue weighted by molar-refractivity contribution is 7.92. The van der Waals surface area contributed by atoms with Gasteiger partial charge in [0.15, 0.2) is 31.2 Å². The van der Waals surface area contributed by atoms with Crippen LogP contribution in [0.3, 0.4) is 0 Å². The van der Waals surface area contributed by atoms with Crippen LogP contribution in [0.5, 0.6) is 5.75 Å². The second-order valence-electron chi connectivity index (χ2n) is 8.65. The topological polar surface area (TPSA) is 86.7 Å². The summed E-state index contributed by atoms with van der Waals surface area (Å²) in [5.41, 5.74) is -0.555. The summed E-state index contributed by atoms with van der Waals surface area (Å²) in [6.45, 7) is -0.799. The molecule has 0 saturated carbocycles. The van der Waals surface area contributed by atoms with Gasteiger partial charge in [-0.2, -0.15) is 13.2 Å². The fraction of sp³-hybridized carbons (Fsp3) is 0.455. The van der Waals surface area contributed by atoms with E-state index in [4.69, 9.17) is 21.1 Å². The Morgan fingerprint density at radius 2 is 1.64 bits per heavy atom. The Morgan fingerprint density at radius 1 is 1.00 bits per heavy atom. The van der Waals surface area contributed by atoms with Gasteiger partial charge in [0.05, 0.1) is 28.9 Å². The molecule has 0 unspecified atom stereocenters. The number of rotatable bonds is 6.